The first kappa shape index (κ1) is 23.7. The van der Waals surface area contributed by atoms with Crippen molar-refractivity contribution in [2.75, 3.05) is 19.0 Å². The summed E-state index contributed by atoms with van der Waals surface area (Å²) in [5.41, 5.74) is -1.11. The summed E-state index contributed by atoms with van der Waals surface area (Å²) in [7, 11) is 1.29. The molecule has 31 heavy (non-hydrogen) atoms. The van der Waals surface area contributed by atoms with Crippen LogP contribution in [0.15, 0.2) is 30.3 Å². The molecule has 0 aliphatic heterocycles. The van der Waals surface area contributed by atoms with Gasteiger partial charge in [0, 0.05) is 23.2 Å². The summed E-state index contributed by atoms with van der Waals surface area (Å²) >= 11 is 0. The van der Waals surface area contributed by atoms with E-state index in [0.717, 1.165) is 0 Å². The summed E-state index contributed by atoms with van der Waals surface area (Å²) in [4.78, 5) is 36.3. The molecule has 0 aliphatic rings. The quantitative estimate of drug-likeness (QED) is 0.393. The zero-order valence-electron chi connectivity index (χ0n) is 17.3. The van der Waals surface area contributed by atoms with E-state index < -0.39 is 52.9 Å². The van der Waals surface area contributed by atoms with Crippen molar-refractivity contribution in [1.82, 2.24) is 5.32 Å². The summed E-state index contributed by atoms with van der Waals surface area (Å²) in [5.74, 6) is -6.16. The number of carbonyl (C=O) groups is 3. The van der Waals surface area contributed by atoms with Gasteiger partial charge in [0.1, 0.15) is 5.82 Å². The maximum atomic E-state index is 13.6. The Hall–Kier alpha value is -3.56. The number of halogens is 3. The van der Waals surface area contributed by atoms with Gasteiger partial charge in [-0.2, -0.15) is 0 Å². The summed E-state index contributed by atoms with van der Waals surface area (Å²) in [6, 6.07) is 4.72. The van der Waals surface area contributed by atoms with E-state index in [2.05, 4.69) is 10.6 Å². The minimum absolute atomic E-state index is 0.0410. The number of anilines is 1. The number of methoxy groups -OCH3 is 1. The molecule has 2 aromatic rings. The highest BCUT2D eigenvalue weighted by atomic mass is 19.2. The zero-order valence-corrected chi connectivity index (χ0v) is 17.3. The number of carbonyl (C=O) groups excluding carboxylic acids is 3. The van der Waals surface area contributed by atoms with Crippen LogP contribution in [0.2, 0.25) is 0 Å². The second-order valence-electron chi connectivity index (χ2n) is 7.48. The second-order valence-corrected chi connectivity index (χ2v) is 7.48. The van der Waals surface area contributed by atoms with Crippen LogP contribution in [0.25, 0.3) is 0 Å². The Bertz CT molecular complexity index is 1020. The van der Waals surface area contributed by atoms with Gasteiger partial charge in [0.15, 0.2) is 29.7 Å². The van der Waals surface area contributed by atoms with E-state index in [1.807, 2.05) is 0 Å². The molecule has 2 rings (SSSR count). The molecule has 7 nitrogen and oxygen atoms in total. The van der Waals surface area contributed by atoms with Crippen LogP contribution >= 0.6 is 0 Å². The number of Topliss-reactive ketones (excluding diaryl/α,β-unsaturated/α-hetero) is 1. The minimum atomic E-state index is -1.39. The average Bonchev–Trinajstić information content (AvgIpc) is 2.68. The van der Waals surface area contributed by atoms with Crippen LogP contribution in [0, 0.1) is 17.5 Å². The third kappa shape index (κ3) is 6.46. The van der Waals surface area contributed by atoms with E-state index in [4.69, 9.17) is 9.47 Å². The smallest absolute Gasteiger partial charge is 0.292 e. The van der Waals surface area contributed by atoms with E-state index in [-0.39, 0.29) is 17.1 Å². The molecule has 0 atom stereocenters. The van der Waals surface area contributed by atoms with Crippen molar-refractivity contribution in [3.63, 3.8) is 0 Å². The number of benzene rings is 2. The molecule has 2 N–H and O–H groups in total. The Kier molecular flexibility index (Phi) is 7.27. The first-order valence-electron chi connectivity index (χ1n) is 9.03. The molecule has 2 amide bonds. The summed E-state index contributed by atoms with van der Waals surface area (Å²) in [6.45, 7) is 4.57. The van der Waals surface area contributed by atoms with Crippen molar-refractivity contribution in [1.29, 1.82) is 0 Å². The molecule has 0 saturated heterocycles. The van der Waals surface area contributed by atoms with Gasteiger partial charge in [-0.1, -0.05) is 0 Å². The number of hydrogen-bond donors (Lipinski definition) is 2. The van der Waals surface area contributed by atoms with Crippen molar-refractivity contribution in [3.8, 4) is 11.5 Å². The Morgan fingerprint density at radius 3 is 2.19 bits per heavy atom. The molecule has 0 fully saturated rings. The van der Waals surface area contributed by atoms with Crippen LogP contribution in [0.1, 0.15) is 31.1 Å². The van der Waals surface area contributed by atoms with Gasteiger partial charge in [0.25, 0.3) is 11.8 Å². The van der Waals surface area contributed by atoms with E-state index >= 15 is 0 Å². The predicted molar refractivity (Wildman–Crippen MR) is 106 cm³/mol. The summed E-state index contributed by atoms with van der Waals surface area (Å²) in [5, 5.41) is 4.61. The van der Waals surface area contributed by atoms with Gasteiger partial charge in [-0.3, -0.25) is 14.4 Å². The maximum Gasteiger partial charge on any atom is 0.292 e. The van der Waals surface area contributed by atoms with Crippen LogP contribution in [0.4, 0.5) is 18.9 Å². The Balaban J connectivity index is 2.07. The SMILES string of the molecule is COc1cc(C(=O)C(=O)NC(C)(C)C)ccc1OCC(=O)Nc1cc(F)c(F)cc1F. The van der Waals surface area contributed by atoms with E-state index in [1.54, 1.807) is 20.8 Å². The number of amides is 2. The monoisotopic (exact) mass is 438 g/mol. The Labute approximate surface area is 176 Å². The van der Waals surface area contributed by atoms with Crippen molar-refractivity contribution < 1.29 is 37.0 Å². The molecule has 0 aliphatic carbocycles. The average molecular weight is 438 g/mol. The van der Waals surface area contributed by atoms with Crippen LogP contribution < -0.4 is 20.1 Å². The lowest BCUT2D eigenvalue weighted by Crippen LogP contribution is -2.44. The van der Waals surface area contributed by atoms with E-state index in [9.17, 15) is 27.6 Å². The van der Waals surface area contributed by atoms with E-state index in [0.29, 0.717) is 12.1 Å². The van der Waals surface area contributed by atoms with Gasteiger partial charge in [0.2, 0.25) is 5.78 Å². The number of ketones is 1. The highest BCUT2D eigenvalue weighted by Gasteiger charge is 2.23. The molecule has 0 spiro atoms. The maximum absolute atomic E-state index is 13.6. The fourth-order valence-corrected chi connectivity index (χ4v) is 2.40. The minimum Gasteiger partial charge on any atom is -0.493 e. The molecular formula is C21H21F3N2O5. The fourth-order valence-electron chi connectivity index (χ4n) is 2.40. The predicted octanol–water partition coefficient (Wildman–Crippen LogP) is 3.23. The van der Waals surface area contributed by atoms with Gasteiger partial charge in [-0.25, -0.2) is 13.2 Å². The lowest BCUT2D eigenvalue weighted by molar-refractivity contribution is -0.118. The highest BCUT2D eigenvalue weighted by Crippen LogP contribution is 2.28. The van der Waals surface area contributed by atoms with Gasteiger partial charge < -0.3 is 20.1 Å². The van der Waals surface area contributed by atoms with Crippen LogP contribution in [0.5, 0.6) is 11.5 Å². The van der Waals surface area contributed by atoms with Crippen molar-refractivity contribution >= 4 is 23.3 Å². The molecule has 166 valence electrons. The number of ether oxygens (including phenoxy) is 2. The summed E-state index contributed by atoms with van der Waals surface area (Å²) < 4.78 is 50.2. The number of rotatable bonds is 7. The lowest BCUT2D eigenvalue weighted by atomic mass is 10.1. The number of nitrogens with one attached hydrogen (secondary N) is 2. The normalized spacial score (nSPS) is 10.9. The first-order chi connectivity index (χ1) is 14.4. The molecule has 2 aromatic carbocycles. The van der Waals surface area contributed by atoms with Crippen molar-refractivity contribution in [2.24, 2.45) is 0 Å². The molecule has 0 saturated carbocycles. The zero-order chi connectivity index (χ0) is 23.3. The first-order valence-corrected chi connectivity index (χ1v) is 9.03. The van der Waals surface area contributed by atoms with Crippen molar-refractivity contribution in [3.05, 3.63) is 53.3 Å². The van der Waals surface area contributed by atoms with Gasteiger partial charge in [-0.15, -0.1) is 0 Å². The third-order valence-corrected chi connectivity index (χ3v) is 3.76. The lowest BCUT2D eigenvalue weighted by Gasteiger charge is -2.20. The Morgan fingerprint density at radius 2 is 1.58 bits per heavy atom. The molecule has 0 bridgehead atoms. The molecule has 0 heterocycles. The molecular weight excluding hydrogens is 417 g/mol. The van der Waals surface area contributed by atoms with Gasteiger partial charge >= 0.3 is 0 Å². The standard InChI is InChI=1S/C21H21F3N2O5/c1-21(2,3)26-20(29)19(28)11-5-6-16(17(7-11)30-4)31-10-18(27)25-15-9-13(23)12(22)8-14(15)24/h5-9H,10H2,1-4H3,(H,25,27)(H,26,29). The molecule has 0 unspecified atom stereocenters. The van der Waals surface area contributed by atoms with Crippen LogP contribution in [0.3, 0.4) is 0 Å². The summed E-state index contributed by atoms with van der Waals surface area (Å²) in [6.07, 6.45) is 0. The molecule has 0 aromatic heterocycles. The second kappa shape index (κ2) is 9.50. The Morgan fingerprint density at radius 1 is 0.935 bits per heavy atom. The van der Waals surface area contributed by atoms with Crippen LogP contribution in [-0.4, -0.2) is 36.9 Å². The fraction of sp³-hybridized carbons (Fsp3) is 0.286. The van der Waals surface area contributed by atoms with Crippen molar-refractivity contribution in [2.45, 2.75) is 26.3 Å². The molecule has 0 radical (unpaired) electrons. The topological polar surface area (TPSA) is 93.7 Å². The highest BCUT2D eigenvalue weighted by molar-refractivity contribution is 6.43. The molecule has 10 heteroatoms. The van der Waals surface area contributed by atoms with Gasteiger partial charge in [-0.05, 0) is 39.0 Å². The largest absolute Gasteiger partial charge is 0.493 e. The number of hydrogen-bond acceptors (Lipinski definition) is 5. The van der Waals surface area contributed by atoms with Gasteiger partial charge in [0.05, 0.1) is 12.8 Å². The van der Waals surface area contributed by atoms with E-state index in [1.165, 1.54) is 25.3 Å². The third-order valence-electron chi connectivity index (χ3n) is 3.76. The van der Waals surface area contributed by atoms with Crippen LogP contribution in [-0.2, 0) is 9.59 Å².